The fourth-order valence-electron chi connectivity index (χ4n) is 2.65. The fourth-order valence-corrected chi connectivity index (χ4v) is 4.24. The van der Waals surface area contributed by atoms with Crippen molar-refractivity contribution in [2.45, 2.75) is 25.7 Å². The van der Waals surface area contributed by atoms with Gasteiger partial charge in [-0.1, -0.05) is 18.2 Å². The van der Waals surface area contributed by atoms with Gasteiger partial charge in [-0.3, -0.25) is 4.79 Å². The number of halogens is 1. The van der Waals surface area contributed by atoms with Crippen molar-refractivity contribution in [2.24, 2.45) is 0 Å². The summed E-state index contributed by atoms with van der Waals surface area (Å²) in [7, 11) is 0. The smallest absolute Gasteiger partial charge is 0.255 e. The standard InChI is InChI=1S/C20H17BrN2OS/c1-12-2-9-17(16(21)10-12)22-19(24)14-5-3-13(4-6-14)18-11-25-20(23-18)15-7-8-15/h2-6,9-11,15H,7-8H2,1H3,(H,22,24). The monoisotopic (exact) mass is 412 g/mol. The third-order valence-electron chi connectivity index (χ3n) is 4.26. The summed E-state index contributed by atoms with van der Waals surface area (Å²) in [5.41, 5.74) is 4.60. The molecule has 0 spiro atoms. The van der Waals surface area contributed by atoms with E-state index < -0.39 is 0 Å². The van der Waals surface area contributed by atoms with E-state index in [1.54, 1.807) is 11.3 Å². The first-order chi connectivity index (χ1) is 12.1. The summed E-state index contributed by atoms with van der Waals surface area (Å²) in [5, 5.41) is 6.28. The molecule has 1 amide bonds. The molecular weight excluding hydrogens is 396 g/mol. The van der Waals surface area contributed by atoms with Gasteiger partial charge >= 0.3 is 0 Å². The van der Waals surface area contributed by atoms with Gasteiger partial charge in [-0.25, -0.2) is 4.98 Å². The zero-order valence-electron chi connectivity index (χ0n) is 13.8. The second kappa shape index (κ2) is 6.73. The van der Waals surface area contributed by atoms with Crippen LogP contribution in [0, 0.1) is 6.92 Å². The summed E-state index contributed by atoms with van der Waals surface area (Å²) in [5.74, 6) is 0.560. The van der Waals surface area contributed by atoms with Crippen LogP contribution in [0.15, 0.2) is 52.3 Å². The van der Waals surface area contributed by atoms with Crippen LogP contribution in [-0.2, 0) is 0 Å². The SMILES string of the molecule is Cc1ccc(NC(=O)c2ccc(-c3csc(C4CC4)n3)cc2)c(Br)c1. The number of thiazole rings is 1. The van der Waals surface area contributed by atoms with Crippen molar-refractivity contribution in [3.63, 3.8) is 0 Å². The first-order valence-electron chi connectivity index (χ1n) is 8.23. The van der Waals surface area contributed by atoms with E-state index in [1.165, 1.54) is 17.8 Å². The quantitative estimate of drug-likeness (QED) is 0.569. The lowest BCUT2D eigenvalue weighted by atomic mass is 10.1. The van der Waals surface area contributed by atoms with Crippen molar-refractivity contribution in [3.05, 3.63) is 68.5 Å². The van der Waals surface area contributed by atoms with Crippen molar-refractivity contribution in [1.82, 2.24) is 4.98 Å². The zero-order chi connectivity index (χ0) is 17.4. The second-order valence-electron chi connectivity index (χ2n) is 6.36. The molecule has 0 atom stereocenters. The summed E-state index contributed by atoms with van der Waals surface area (Å²) in [4.78, 5) is 17.2. The molecule has 0 saturated heterocycles. The van der Waals surface area contributed by atoms with E-state index in [0.717, 1.165) is 27.0 Å². The molecular formula is C20H17BrN2OS. The van der Waals surface area contributed by atoms with Gasteiger partial charge in [0.05, 0.1) is 16.4 Å². The average molecular weight is 413 g/mol. The Hall–Kier alpha value is -1.98. The Morgan fingerprint density at radius 3 is 2.64 bits per heavy atom. The Morgan fingerprint density at radius 1 is 1.20 bits per heavy atom. The molecule has 0 unspecified atom stereocenters. The number of anilines is 1. The maximum Gasteiger partial charge on any atom is 0.255 e. The van der Waals surface area contributed by atoms with Gasteiger partial charge in [-0.05, 0) is 65.5 Å². The van der Waals surface area contributed by atoms with Crippen LogP contribution in [0.1, 0.15) is 39.7 Å². The molecule has 1 aliphatic rings. The highest BCUT2D eigenvalue weighted by molar-refractivity contribution is 9.10. The van der Waals surface area contributed by atoms with E-state index in [-0.39, 0.29) is 5.91 Å². The highest BCUT2D eigenvalue weighted by Gasteiger charge is 2.26. The average Bonchev–Trinajstić information content (AvgIpc) is 3.34. The van der Waals surface area contributed by atoms with Gasteiger partial charge < -0.3 is 5.32 Å². The van der Waals surface area contributed by atoms with Crippen LogP contribution >= 0.6 is 27.3 Å². The number of hydrogen-bond acceptors (Lipinski definition) is 3. The van der Waals surface area contributed by atoms with Crippen LogP contribution in [-0.4, -0.2) is 10.9 Å². The van der Waals surface area contributed by atoms with Gasteiger partial charge in [0.25, 0.3) is 5.91 Å². The number of nitrogens with zero attached hydrogens (tertiary/aromatic N) is 1. The Labute approximate surface area is 159 Å². The van der Waals surface area contributed by atoms with Crippen molar-refractivity contribution in [3.8, 4) is 11.3 Å². The second-order valence-corrected chi connectivity index (χ2v) is 8.10. The van der Waals surface area contributed by atoms with Gasteiger partial charge in [0, 0.05) is 26.9 Å². The van der Waals surface area contributed by atoms with E-state index in [9.17, 15) is 4.79 Å². The fraction of sp³-hybridized carbons (Fsp3) is 0.200. The predicted octanol–water partition coefficient (Wildman–Crippen LogP) is 6.01. The molecule has 1 aromatic heterocycles. The lowest BCUT2D eigenvalue weighted by Gasteiger charge is -2.08. The molecule has 3 aromatic rings. The third kappa shape index (κ3) is 3.67. The molecule has 4 rings (SSSR count). The molecule has 0 aliphatic heterocycles. The number of amides is 1. The first-order valence-corrected chi connectivity index (χ1v) is 9.91. The number of benzene rings is 2. The minimum Gasteiger partial charge on any atom is -0.321 e. The minimum absolute atomic E-state index is 0.118. The van der Waals surface area contributed by atoms with Crippen molar-refractivity contribution in [2.75, 3.05) is 5.32 Å². The number of aromatic nitrogens is 1. The van der Waals surface area contributed by atoms with Crippen LogP contribution < -0.4 is 5.32 Å². The summed E-state index contributed by atoms with van der Waals surface area (Å²) < 4.78 is 0.882. The number of nitrogens with one attached hydrogen (secondary N) is 1. The molecule has 1 aliphatic carbocycles. The molecule has 2 aromatic carbocycles. The van der Waals surface area contributed by atoms with Crippen molar-refractivity contribution >= 4 is 38.9 Å². The van der Waals surface area contributed by atoms with E-state index >= 15 is 0 Å². The topological polar surface area (TPSA) is 42.0 Å². The van der Waals surface area contributed by atoms with Gasteiger partial charge in [-0.2, -0.15) is 0 Å². The van der Waals surface area contributed by atoms with Crippen LogP contribution in [0.2, 0.25) is 0 Å². The number of aryl methyl sites for hydroxylation is 1. The van der Waals surface area contributed by atoms with Gasteiger partial charge in [0.1, 0.15) is 0 Å². The molecule has 1 fully saturated rings. The van der Waals surface area contributed by atoms with Gasteiger partial charge in [0.15, 0.2) is 0 Å². The van der Waals surface area contributed by atoms with Gasteiger partial charge in [-0.15, -0.1) is 11.3 Å². The Balaban J connectivity index is 1.49. The van der Waals surface area contributed by atoms with Crippen molar-refractivity contribution in [1.29, 1.82) is 0 Å². The van der Waals surface area contributed by atoms with E-state index in [0.29, 0.717) is 11.5 Å². The Morgan fingerprint density at radius 2 is 1.96 bits per heavy atom. The minimum atomic E-state index is -0.118. The molecule has 0 bridgehead atoms. The van der Waals surface area contributed by atoms with Gasteiger partial charge in [0.2, 0.25) is 0 Å². The summed E-state index contributed by atoms with van der Waals surface area (Å²) >= 11 is 5.22. The highest BCUT2D eigenvalue weighted by atomic mass is 79.9. The normalized spacial score (nSPS) is 13.7. The largest absolute Gasteiger partial charge is 0.321 e. The third-order valence-corrected chi connectivity index (χ3v) is 5.93. The van der Waals surface area contributed by atoms with Crippen LogP contribution in [0.5, 0.6) is 0 Å². The maximum atomic E-state index is 12.5. The number of carbonyl (C=O) groups is 1. The highest BCUT2D eigenvalue weighted by Crippen LogP contribution is 2.42. The van der Waals surface area contributed by atoms with Crippen molar-refractivity contribution < 1.29 is 4.79 Å². The lowest BCUT2D eigenvalue weighted by Crippen LogP contribution is -2.12. The Kier molecular flexibility index (Phi) is 4.44. The Bertz CT molecular complexity index is 929. The van der Waals surface area contributed by atoms with Crippen LogP contribution in [0.3, 0.4) is 0 Å². The summed E-state index contributed by atoms with van der Waals surface area (Å²) in [6.45, 7) is 2.02. The molecule has 1 saturated carbocycles. The molecule has 3 nitrogen and oxygen atoms in total. The number of hydrogen-bond donors (Lipinski definition) is 1. The maximum absolute atomic E-state index is 12.5. The molecule has 5 heteroatoms. The zero-order valence-corrected chi connectivity index (χ0v) is 16.2. The predicted molar refractivity (Wildman–Crippen MR) is 106 cm³/mol. The van der Waals surface area contributed by atoms with Crippen LogP contribution in [0.4, 0.5) is 5.69 Å². The molecule has 25 heavy (non-hydrogen) atoms. The van der Waals surface area contributed by atoms with E-state index in [2.05, 4.69) is 26.6 Å². The van der Waals surface area contributed by atoms with E-state index in [1.807, 2.05) is 49.4 Å². The first kappa shape index (κ1) is 16.5. The molecule has 0 radical (unpaired) electrons. The number of rotatable bonds is 4. The number of carbonyl (C=O) groups excluding carboxylic acids is 1. The summed E-state index contributed by atoms with van der Waals surface area (Å²) in [6.07, 6.45) is 2.53. The van der Waals surface area contributed by atoms with Crippen LogP contribution in [0.25, 0.3) is 11.3 Å². The molecule has 1 heterocycles. The van der Waals surface area contributed by atoms with E-state index in [4.69, 9.17) is 4.98 Å². The summed E-state index contributed by atoms with van der Waals surface area (Å²) in [6, 6.07) is 13.5. The lowest BCUT2D eigenvalue weighted by molar-refractivity contribution is 0.102. The molecule has 126 valence electrons. The molecule has 1 N–H and O–H groups in total.